The van der Waals surface area contributed by atoms with Gasteiger partial charge in [0.2, 0.25) is 0 Å². The highest BCUT2D eigenvalue weighted by atomic mass is 32.1. The van der Waals surface area contributed by atoms with Crippen molar-refractivity contribution in [2.45, 2.75) is 33.4 Å². The molecule has 0 spiro atoms. The van der Waals surface area contributed by atoms with Crippen molar-refractivity contribution in [3.8, 4) is 0 Å². The fourth-order valence-electron chi connectivity index (χ4n) is 2.10. The van der Waals surface area contributed by atoms with Gasteiger partial charge in [-0.2, -0.15) is 0 Å². The number of nitrogens with one attached hydrogen (secondary N) is 2. The van der Waals surface area contributed by atoms with Gasteiger partial charge in [0, 0.05) is 11.4 Å². The molecule has 21 heavy (non-hydrogen) atoms. The molecule has 0 aliphatic rings. The summed E-state index contributed by atoms with van der Waals surface area (Å²) in [6.45, 7) is 6.38. The summed E-state index contributed by atoms with van der Waals surface area (Å²) >= 11 is 1.60. The molecule has 7 heteroatoms. The maximum Gasteiger partial charge on any atom is 0.330 e. The lowest BCUT2D eigenvalue weighted by atomic mass is 10.2. The van der Waals surface area contributed by atoms with Crippen LogP contribution in [0.3, 0.4) is 0 Å². The molecule has 0 amide bonds. The van der Waals surface area contributed by atoms with E-state index in [2.05, 4.69) is 10.3 Å². The summed E-state index contributed by atoms with van der Waals surface area (Å²) in [4.78, 5) is 27.3. The van der Waals surface area contributed by atoms with Crippen molar-refractivity contribution in [3.05, 3.63) is 43.2 Å². The van der Waals surface area contributed by atoms with E-state index in [0.717, 1.165) is 4.88 Å². The number of thiophene rings is 1. The van der Waals surface area contributed by atoms with E-state index in [4.69, 9.17) is 5.73 Å². The monoisotopic (exact) mass is 308 g/mol. The summed E-state index contributed by atoms with van der Waals surface area (Å²) in [6.07, 6.45) is 0. The second-order valence-corrected chi connectivity index (χ2v) is 6.38. The number of H-pyrrole nitrogens is 1. The van der Waals surface area contributed by atoms with Gasteiger partial charge in [0.25, 0.3) is 5.56 Å². The van der Waals surface area contributed by atoms with Crippen molar-refractivity contribution in [2.75, 3.05) is 11.1 Å². The molecule has 1 atom stereocenters. The van der Waals surface area contributed by atoms with Crippen LogP contribution in [0.5, 0.6) is 0 Å². The van der Waals surface area contributed by atoms with E-state index in [1.165, 1.54) is 4.57 Å². The van der Waals surface area contributed by atoms with Crippen molar-refractivity contribution in [3.63, 3.8) is 0 Å². The molecule has 114 valence electrons. The van der Waals surface area contributed by atoms with Crippen LogP contribution < -0.4 is 22.3 Å². The molecular formula is C14H20N4O2S. The summed E-state index contributed by atoms with van der Waals surface area (Å²) in [7, 11) is 0. The quantitative estimate of drug-likeness (QED) is 0.787. The molecule has 0 fully saturated rings. The predicted molar refractivity (Wildman–Crippen MR) is 86.9 cm³/mol. The molecule has 4 N–H and O–H groups in total. The lowest BCUT2D eigenvalue weighted by molar-refractivity contribution is 0.508. The van der Waals surface area contributed by atoms with E-state index in [1.807, 2.05) is 38.3 Å². The number of nitrogens with two attached hydrogens (primary N) is 1. The first-order valence-electron chi connectivity index (χ1n) is 6.82. The fraction of sp³-hybridized carbons (Fsp3) is 0.429. The molecular weight excluding hydrogens is 288 g/mol. The van der Waals surface area contributed by atoms with Gasteiger partial charge in [0.1, 0.15) is 11.5 Å². The number of nitrogen functional groups attached to an aromatic ring is 1. The van der Waals surface area contributed by atoms with Crippen LogP contribution >= 0.6 is 11.3 Å². The molecule has 2 heterocycles. The molecule has 6 nitrogen and oxygen atoms in total. The zero-order valence-corrected chi connectivity index (χ0v) is 13.2. The lowest BCUT2D eigenvalue weighted by Crippen LogP contribution is -2.35. The van der Waals surface area contributed by atoms with E-state index in [9.17, 15) is 9.59 Å². The van der Waals surface area contributed by atoms with Crippen molar-refractivity contribution in [1.29, 1.82) is 0 Å². The molecule has 1 unspecified atom stereocenters. The Morgan fingerprint density at radius 3 is 2.67 bits per heavy atom. The van der Waals surface area contributed by atoms with Crippen LogP contribution in [0, 0.1) is 5.92 Å². The van der Waals surface area contributed by atoms with Crippen LogP contribution in [-0.2, 0) is 6.54 Å². The Hall–Kier alpha value is -2.02. The number of anilines is 2. The molecule has 0 aliphatic heterocycles. The van der Waals surface area contributed by atoms with E-state index in [1.54, 1.807) is 11.3 Å². The van der Waals surface area contributed by atoms with Gasteiger partial charge in [-0.3, -0.25) is 14.3 Å². The number of aromatic amines is 1. The Kier molecular flexibility index (Phi) is 4.52. The molecule has 0 saturated carbocycles. The highest BCUT2D eigenvalue weighted by molar-refractivity contribution is 7.10. The summed E-state index contributed by atoms with van der Waals surface area (Å²) in [5.74, 6) is 0.430. The highest BCUT2D eigenvalue weighted by Gasteiger charge is 2.16. The lowest BCUT2D eigenvalue weighted by Gasteiger charge is -2.18. The predicted octanol–water partition coefficient (Wildman–Crippen LogP) is 2.01. The first-order chi connectivity index (χ1) is 9.90. The highest BCUT2D eigenvalue weighted by Crippen LogP contribution is 2.23. The zero-order chi connectivity index (χ0) is 15.6. The van der Waals surface area contributed by atoms with Gasteiger partial charge >= 0.3 is 5.69 Å². The van der Waals surface area contributed by atoms with E-state index < -0.39 is 11.2 Å². The zero-order valence-electron chi connectivity index (χ0n) is 12.3. The summed E-state index contributed by atoms with van der Waals surface area (Å²) in [6, 6.07) is 3.88. The van der Waals surface area contributed by atoms with Crippen molar-refractivity contribution in [1.82, 2.24) is 9.55 Å². The minimum atomic E-state index is -0.485. The van der Waals surface area contributed by atoms with E-state index in [0.29, 0.717) is 6.54 Å². The average molecular weight is 308 g/mol. The molecule has 2 aromatic heterocycles. The first-order valence-corrected chi connectivity index (χ1v) is 7.70. The van der Waals surface area contributed by atoms with Crippen molar-refractivity contribution in [2.24, 2.45) is 5.92 Å². The Bertz CT molecular complexity index is 716. The molecule has 0 aromatic carbocycles. The molecule has 2 aromatic rings. The SMILES string of the molecule is CC(C)Cn1c(N)c(NC(C)c2cccs2)c(=O)[nH]c1=O. The number of rotatable bonds is 5. The van der Waals surface area contributed by atoms with Gasteiger partial charge in [-0.05, 0) is 24.3 Å². The normalized spacial score (nSPS) is 12.6. The standard InChI is InChI=1S/C14H20N4O2S/c1-8(2)7-18-12(15)11(13(19)17-14(18)20)16-9(3)10-5-4-6-21-10/h4-6,8-9,16H,7,15H2,1-3H3,(H,17,19,20). The second kappa shape index (κ2) is 6.17. The van der Waals surface area contributed by atoms with Gasteiger partial charge in [0.05, 0.1) is 6.04 Å². The van der Waals surface area contributed by atoms with E-state index >= 15 is 0 Å². The fourth-order valence-corrected chi connectivity index (χ4v) is 2.83. The minimum absolute atomic E-state index is 0.0570. The largest absolute Gasteiger partial charge is 0.383 e. The first kappa shape index (κ1) is 15.4. The Morgan fingerprint density at radius 1 is 1.38 bits per heavy atom. The number of nitrogens with zero attached hydrogens (tertiary/aromatic N) is 1. The third kappa shape index (κ3) is 3.36. The number of aromatic nitrogens is 2. The molecule has 0 saturated heterocycles. The van der Waals surface area contributed by atoms with Crippen LogP contribution in [0.4, 0.5) is 11.5 Å². The Morgan fingerprint density at radius 2 is 2.10 bits per heavy atom. The summed E-state index contributed by atoms with van der Waals surface area (Å²) in [5, 5.41) is 5.08. The van der Waals surface area contributed by atoms with Gasteiger partial charge in [-0.15, -0.1) is 11.3 Å². The van der Waals surface area contributed by atoms with Gasteiger partial charge < -0.3 is 11.1 Å². The van der Waals surface area contributed by atoms with Crippen molar-refractivity contribution < 1.29 is 0 Å². The molecule has 0 aliphatic carbocycles. The Balaban J connectivity index is 2.39. The topological polar surface area (TPSA) is 92.9 Å². The van der Waals surface area contributed by atoms with Crippen molar-refractivity contribution >= 4 is 22.8 Å². The maximum absolute atomic E-state index is 12.0. The van der Waals surface area contributed by atoms with Crippen LogP contribution in [0.15, 0.2) is 27.1 Å². The van der Waals surface area contributed by atoms with Crippen LogP contribution in [0.25, 0.3) is 0 Å². The number of hydrogen-bond acceptors (Lipinski definition) is 5. The van der Waals surface area contributed by atoms with Crippen LogP contribution in [-0.4, -0.2) is 9.55 Å². The third-order valence-corrected chi connectivity index (χ3v) is 4.17. The number of hydrogen-bond donors (Lipinski definition) is 3. The van der Waals surface area contributed by atoms with Crippen LogP contribution in [0.2, 0.25) is 0 Å². The van der Waals surface area contributed by atoms with Gasteiger partial charge in [-0.25, -0.2) is 4.79 Å². The summed E-state index contributed by atoms with van der Waals surface area (Å²) in [5.41, 5.74) is 5.31. The molecule has 2 rings (SSSR count). The molecule has 0 bridgehead atoms. The van der Waals surface area contributed by atoms with Gasteiger partial charge in [0.15, 0.2) is 0 Å². The smallest absolute Gasteiger partial charge is 0.330 e. The average Bonchev–Trinajstić information content (AvgIpc) is 2.93. The second-order valence-electron chi connectivity index (χ2n) is 5.41. The van der Waals surface area contributed by atoms with E-state index in [-0.39, 0.29) is 23.5 Å². The Labute approximate surface area is 126 Å². The maximum atomic E-state index is 12.0. The minimum Gasteiger partial charge on any atom is -0.383 e. The van der Waals surface area contributed by atoms with Gasteiger partial charge in [-0.1, -0.05) is 19.9 Å². The summed E-state index contributed by atoms with van der Waals surface area (Å²) < 4.78 is 1.40. The molecule has 0 radical (unpaired) electrons. The third-order valence-electron chi connectivity index (χ3n) is 3.12. The van der Waals surface area contributed by atoms with Crippen LogP contribution in [0.1, 0.15) is 31.7 Å².